The van der Waals surface area contributed by atoms with E-state index in [4.69, 9.17) is 22.1 Å². The SMILES string of the molecule is COc1ccccc1C(=O)NC(=S)N1CC[NH+](CCO)CC1. The lowest BCUT2D eigenvalue weighted by molar-refractivity contribution is -0.904. The van der Waals surface area contributed by atoms with E-state index in [1.54, 1.807) is 18.2 Å². The van der Waals surface area contributed by atoms with Gasteiger partial charge in [-0.05, 0) is 24.4 Å². The first kappa shape index (κ1) is 16.7. The van der Waals surface area contributed by atoms with Gasteiger partial charge in [0.15, 0.2) is 5.11 Å². The number of carbonyl (C=O) groups excluding carboxylic acids is 1. The number of quaternary nitrogens is 1. The number of benzene rings is 1. The molecule has 0 bridgehead atoms. The van der Waals surface area contributed by atoms with Gasteiger partial charge in [0, 0.05) is 0 Å². The Bertz CT molecular complexity index is 531. The van der Waals surface area contributed by atoms with Crippen LogP contribution in [0.5, 0.6) is 5.75 Å². The van der Waals surface area contributed by atoms with Gasteiger partial charge in [-0.1, -0.05) is 12.1 Å². The molecule has 3 N–H and O–H groups in total. The van der Waals surface area contributed by atoms with E-state index in [0.29, 0.717) is 16.4 Å². The van der Waals surface area contributed by atoms with Crippen molar-refractivity contribution in [2.75, 3.05) is 46.4 Å². The second kappa shape index (κ2) is 8.07. The quantitative estimate of drug-likeness (QED) is 0.614. The first-order chi connectivity index (χ1) is 10.7. The van der Waals surface area contributed by atoms with E-state index in [-0.39, 0.29) is 12.5 Å². The molecule has 6 nitrogen and oxygen atoms in total. The number of amides is 1. The molecule has 1 amide bonds. The predicted octanol–water partition coefficient (Wildman–Crippen LogP) is -1.10. The normalized spacial score (nSPS) is 15.5. The summed E-state index contributed by atoms with van der Waals surface area (Å²) in [5.41, 5.74) is 0.469. The number of hydrogen-bond acceptors (Lipinski definition) is 4. The van der Waals surface area contributed by atoms with Crippen molar-refractivity contribution in [3.63, 3.8) is 0 Å². The number of aliphatic hydroxyl groups is 1. The molecular formula is C15H22N3O3S+. The zero-order chi connectivity index (χ0) is 15.9. The zero-order valence-corrected chi connectivity index (χ0v) is 13.5. The average molecular weight is 324 g/mol. The summed E-state index contributed by atoms with van der Waals surface area (Å²) in [5.74, 6) is 0.271. The fraction of sp³-hybridized carbons (Fsp3) is 0.467. The Kier molecular flexibility index (Phi) is 6.11. The Morgan fingerprint density at radius 2 is 2.09 bits per heavy atom. The molecule has 2 rings (SSSR count). The van der Waals surface area contributed by atoms with Crippen molar-refractivity contribution in [3.05, 3.63) is 29.8 Å². The summed E-state index contributed by atoms with van der Waals surface area (Å²) in [6.07, 6.45) is 0. The van der Waals surface area contributed by atoms with Gasteiger partial charge in [0.05, 0.1) is 45.5 Å². The lowest BCUT2D eigenvalue weighted by Crippen LogP contribution is -3.15. The fourth-order valence-electron chi connectivity index (χ4n) is 2.51. The summed E-state index contributed by atoms with van der Waals surface area (Å²) < 4.78 is 5.19. The van der Waals surface area contributed by atoms with Crippen LogP contribution in [0.3, 0.4) is 0 Å². The second-order valence-corrected chi connectivity index (χ2v) is 5.56. The van der Waals surface area contributed by atoms with Crippen molar-refractivity contribution in [1.82, 2.24) is 10.2 Å². The molecule has 1 heterocycles. The van der Waals surface area contributed by atoms with Crippen molar-refractivity contribution < 1.29 is 19.5 Å². The number of para-hydroxylation sites is 1. The third-order valence-corrected chi connectivity index (χ3v) is 4.16. The third-order valence-electron chi connectivity index (χ3n) is 3.80. The van der Waals surface area contributed by atoms with Crippen LogP contribution in [0.15, 0.2) is 24.3 Å². The molecule has 1 aliphatic heterocycles. The van der Waals surface area contributed by atoms with Gasteiger partial charge in [-0.25, -0.2) is 0 Å². The van der Waals surface area contributed by atoms with E-state index in [9.17, 15) is 4.79 Å². The van der Waals surface area contributed by atoms with E-state index in [0.717, 1.165) is 32.7 Å². The van der Waals surface area contributed by atoms with Crippen LogP contribution >= 0.6 is 12.2 Å². The molecule has 1 aromatic rings. The molecule has 22 heavy (non-hydrogen) atoms. The molecule has 1 aliphatic rings. The maximum Gasteiger partial charge on any atom is 0.261 e. The number of nitrogens with one attached hydrogen (secondary N) is 2. The van der Waals surface area contributed by atoms with Crippen LogP contribution < -0.4 is 15.0 Å². The standard InChI is InChI=1S/C15H21N3O3S/c1-21-13-5-3-2-4-12(13)14(20)16-15(22)18-8-6-17(7-9-18)10-11-19/h2-5,19H,6-11H2,1H3,(H,16,20,22)/p+1. The monoisotopic (exact) mass is 324 g/mol. The van der Waals surface area contributed by atoms with Crippen LogP contribution in [0.4, 0.5) is 0 Å². The van der Waals surface area contributed by atoms with Crippen LogP contribution in [-0.2, 0) is 0 Å². The number of piperazine rings is 1. The number of methoxy groups -OCH3 is 1. The van der Waals surface area contributed by atoms with E-state index in [2.05, 4.69) is 5.32 Å². The van der Waals surface area contributed by atoms with Crippen LogP contribution in [0.2, 0.25) is 0 Å². The average Bonchev–Trinajstić information content (AvgIpc) is 2.55. The van der Waals surface area contributed by atoms with Crippen molar-refractivity contribution in [2.45, 2.75) is 0 Å². The number of aliphatic hydroxyl groups excluding tert-OH is 1. The van der Waals surface area contributed by atoms with Crippen molar-refractivity contribution in [2.24, 2.45) is 0 Å². The molecule has 0 unspecified atom stereocenters. The minimum atomic E-state index is -0.257. The minimum absolute atomic E-state index is 0.199. The van der Waals surface area contributed by atoms with Crippen LogP contribution in [0, 0.1) is 0 Å². The van der Waals surface area contributed by atoms with E-state index in [1.807, 2.05) is 11.0 Å². The first-order valence-corrected chi connectivity index (χ1v) is 7.74. The Morgan fingerprint density at radius 1 is 1.41 bits per heavy atom. The van der Waals surface area contributed by atoms with Gasteiger partial charge in [0.2, 0.25) is 0 Å². The molecule has 0 saturated carbocycles. The van der Waals surface area contributed by atoms with Gasteiger partial charge in [-0.15, -0.1) is 0 Å². The highest BCUT2D eigenvalue weighted by molar-refractivity contribution is 7.80. The Balaban J connectivity index is 1.91. The lowest BCUT2D eigenvalue weighted by atomic mass is 10.2. The molecule has 1 fully saturated rings. The van der Waals surface area contributed by atoms with E-state index < -0.39 is 0 Å². The summed E-state index contributed by atoms with van der Waals surface area (Å²) in [6.45, 7) is 4.33. The smallest absolute Gasteiger partial charge is 0.261 e. The molecule has 0 atom stereocenters. The zero-order valence-electron chi connectivity index (χ0n) is 12.7. The lowest BCUT2D eigenvalue weighted by Gasteiger charge is -2.33. The van der Waals surface area contributed by atoms with Gasteiger partial charge in [-0.2, -0.15) is 0 Å². The molecule has 0 aromatic heterocycles. The van der Waals surface area contributed by atoms with Gasteiger partial charge >= 0.3 is 0 Å². The number of ether oxygens (including phenoxy) is 1. The van der Waals surface area contributed by atoms with Crippen molar-refractivity contribution in [3.8, 4) is 5.75 Å². The molecule has 0 radical (unpaired) electrons. The third kappa shape index (κ3) is 4.16. The molecular weight excluding hydrogens is 302 g/mol. The Hall–Kier alpha value is -1.70. The highest BCUT2D eigenvalue weighted by Crippen LogP contribution is 2.16. The second-order valence-electron chi connectivity index (χ2n) is 5.17. The maximum atomic E-state index is 12.3. The molecule has 120 valence electrons. The summed E-state index contributed by atoms with van der Waals surface area (Å²) >= 11 is 5.33. The minimum Gasteiger partial charge on any atom is -0.496 e. The van der Waals surface area contributed by atoms with Crippen LogP contribution in [0.25, 0.3) is 0 Å². The molecule has 7 heteroatoms. The first-order valence-electron chi connectivity index (χ1n) is 7.33. The van der Waals surface area contributed by atoms with Gasteiger partial charge in [-0.3, -0.25) is 10.1 Å². The summed E-state index contributed by atoms with van der Waals surface area (Å²) in [7, 11) is 1.54. The van der Waals surface area contributed by atoms with E-state index in [1.165, 1.54) is 12.0 Å². The highest BCUT2D eigenvalue weighted by atomic mass is 32.1. The summed E-state index contributed by atoms with van der Waals surface area (Å²) in [4.78, 5) is 15.6. The Labute approximate surface area is 135 Å². The van der Waals surface area contributed by atoms with Gasteiger partial charge in [0.25, 0.3) is 5.91 Å². The van der Waals surface area contributed by atoms with E-state index >= 15 is 0 Å². The number of nitrogens with zero attached hydrogens (tertiary/aromatic N) is 1. The maximum absolute atomic E-state index is 12.3. The topological polar surface area (TPSA) is 66.2 Å². The number of rotatable bonds is 4. The number of thiocarbonyl (C=S) groups is 1. The molecule has 0 spiro atoms. The molecule has 1 saturated heterocycles. The summed E-state index contributed by atoms with van der Waals surface area (Å²) in [6, 6.07) is 7.06. The largest absolute Gasteiger partial charge is 0.496 e. The van der Waals surface area contributed by atoms with Gasteiger partial charge in [0.1, 0.15) is 12.3 Å². The Morgan fingerprint density at radius 3 is 2.73 bits per heavy atom. The highest BCUT2D eigenvalue weighted by Gasteiger charge is 2.23. The predicted molar refractivity (Wildman–Crippen MR) is 87.3 cm³/mol. The molecule has 0 aliphatic carbocycles. The number of hydrogen-bond donors (Lipinski definition) is 3. The van der Waals surface area contributed by atoms with Crippen molar-refractivity contribution in [1.29, 1.82) is 0 Å². The molecule has 1 aromatic carbocycles. The van der Waals surface area contributed by atoms with Crippen LogP contribution in [-0.4, -0.2) is 67.5 Å². The fourth-order valence-corrected chi connectivity index (χ4v) is 2.79. The summed E-state index contributed by atoms with van der Waals surface area (Å²) in [5, 5.41) is 12.2. The number of carbonyl (C=O) groups is 1. The van der Waals surface area contributed by atoms with Crippen LogP contribution in [0.1, 0.15) is 10.4 Å². The van der Waals surface area contributed by atoms with Crippen molar-refractivity contribution >= 4 is 23.2 Å². The van der Waals surface area contributed by atoms with Gasteiger partial charge < -0.3 is 19.6 Å².